The van der Waals surface area contributed by atoms with Crippen LogP contribution in [-0.2, 0) is 14.8 Å². The number of benzene rings is 4. The molecule has 0 bridgehead atoms. The Morgan fingerprint density at radius 2 is 1.65 bits per heavy atom. The van der Waals surface area contributed by atoms with Gasteiger partial charge in [-0.2, -0.15) is 8.42 Å². The van der Waals surface area contributed by atoms with Crippen molar-refractivity contribution in [3.8, 4) is 5.75 Å². The summed E-state index contributed by atoms with van der Waals surface area (Å²) in [5.74, 6) is 0.435. The summed E-state index contributed by atoms with van der Waals surface area (Å²) in [7, 11) is -2.07. The summed E-state index contributed by atoms with van der Waals surface area (Å²) in [6.45, 7) is 0.208. The molecule has 9 heteroatoms. The summed E-state index contributed by atoms with van der Waals surface area (Å²) in [5, 5.41) is 1.97. The van der Waals surface area contributed by atoms with Crippen LogP contribution in [0.3, 0.4) is 0 Å². The first-order valence-corrected chi connectivity index (χ1v) is 13.8. The van der Waals surface area contributed by atoms with Crippen LogP contribution in [-0.4, -0.2) is 51.4 Å². The molecule has 0 aliphatic carbocycles. The number of carbonyl (C=O) groups is 1. The second-order valence-corrected chi connectivity index (χ2v) is 11.0. The lowest BCUT2D eigenvalue weighted by Crippen LogP contribution is -2.39. The fourth-order valence-corrected chi connectivity index (χ4v) is 5.92. The number of halogens is 1. The minimum Gasteiger partial charge on any atom is -0.489 e. The fraction of sp³-hybridized carbons (Fsp3) is 0.143. The Morgan fingerprint density at radius 1 is 0.946 bits per heavy atom. The highest BCUT2D eigenvalue weighted by atomic mass is 79.9. The van der Waals surface area contributed by atoms with Gasteiger partial charge in [0.15, 0.2) is 11.9 Å². The van der Waals surface area contributed by atoms with Crippen molar-refractivity contribution in [2.75, 3.05) is 20.2 Å². The third-order valence-electron chi connectivity index (χ3n) is 5.99. The molecule has 0 N–H and O–H groups in total. The summed E-state index contributed by atoms with van der Waals surface area (Å²) in [4.78, 5) is 14.9. The first-order valence-electron chi connectivity index (χ1n) is 11.5. The van der Waals surface area contributed by atoms with E-state index in [9.17, 15) is 13.2 Å². The van der Waals surface area contributed by atoms with E-state index in [0.29, 0.717) is 27.2 Å². The lowest BCUT2D eigenvalue weighted by molar-refractivity contribution is 0.0131. The second kappa shape index (κ2) is 10.4. The molecule has 4 aromatic carbocycles. The topological polar surface area (TPSA) is 85.3 Å². The lowest BCUT2D eigenvalue weighted by Gasteiger charge is -2.26. The number of amidine groups is 1. The van der Waals surface area contributed by atoms with Crippen LogP contribution < -0.4 is 4.74 Å². The van der Waals surface area contributed by atoms with Crippen molar-refractivity contribution in [1.82, 2.24) is 4.90 Å². The summed E-state index contributed by atoms with van der Waals surface area (Å²) in [5.41, 5.74) is 0.891. The molecular formula is C28H23BrN2O5S. The number of likely N-dealkylation sites (N-methyl/N-ethyl adjacent to an activating group) is 1. The summed E-state index contributed by atoms with van der Waals surface area (Å²) in [6.07, 6.45) is -0.734. The molecule has 0 amide bonds. The highest BCUT2D eigenvalue weighted by Gasteiger charge is 2.32. The van der Waals surface area contributed by atoms with Crippen molar-refractivity contribution in [2.24, 2.45) is 4.40 Å². The van der Waals surface area contributed by atoms with Gasteiger partial charge in [-0.25, -0.2) is 4.79 Å². The zero-order chi connectivity index (χ0) is 26.0. The van der Waals surface area contributed by atoms with Gasteiger partial charge in [0.05, 0.1) is 12.1 Å². The number of fused-ring (bicyclic) bond motifs is 2. The minimum absolute atomic E-state index is 0.0518. The minimum atomic E-state index is -3.79. The Morgan fingerprint density at radius 3 is 2.49 bits per heavy atom. The monoisotopic (exact) mass is 578 g/mol. The van der Waals surface area contributed by atoms with Gasteiger partial charge in [-0.05, 0) is 51.6 Å². The molecule has 1 aliphatic heterocycles. The van der Waals surface area contributed by atoms with Gasteiger partial charge in [-0.15, -0.1) is 4.40 Å². The van der Waals surface area contributed by atoms with E-state index in [1.807, 2.05) is 48.5 Å². The van der Waals surface area contributed by atoms with E-state index in [0.717, 1.165) is 10.8 Å². The predicted molar refractivity (Wildman–Crippen MR) is 146 cm³/mol. The van der Waals surface area contributed by atoms with E-state index in [1.54, 1.807) is 48.3 Å². The SMILES string of the molecule is CN(CC(COc1cccc2ccccc12)OC(=O)c1ccccc1Br)C1=NS(=O)(=O)c2ccccc21. The maximum Gasteiger partial charge on any atom is 0.339 e. The number of carbonyl (C=O) groups excluding carboxylic acids is 1. The summed E-state index contributed by atoms with van der Waals surface area (Å²) >= 11 is 3.40. The third-order valence-corrected chi connectivity index (χ3v) is 8.01. The van der Waals surface area contributed by atoms with Crippen LogP contribution in [0, 0.1) is 0 Å². The fourth-order valence-electron chi connectivity index (χ4n) is 4.23. The van der Waals surface area contributed by atoms with Crippen LogP contribution >= 0.6 is 15.9 Å². The van der Waals surface area contributed by atoms with Crippen LogP contribution in [0.25, 0.3) is 10.8 Å². The molecule has 0 fully saturated rings. The van der Waals surface area contributed by atoms with Crippen molar-refractivity contribution in [2.45, 2.75) is 11.0 Å². The molecule has 0 spiro atoms. The number of ether oxygens (including phenoxy) is 2. The Labute approximate surface area is 223 Å². The van der Waals surface area contributed by atoms with Crippen molar-refractivity contribution in [1.29, 1.82) is 0 Å². The highest BCUT2D eigenvalue weighted by molar-refractivity contribution is 9.10. The molecule has 7 nitrogen and oxygen atoms in total. The maximum atomic E-state index is 13.1. The summed E-state index contributed by atoms with van der Waals surface area (Å²) in [6, 6.07) is 27.3. The Kier molecular flexibility index (Phi) is 6.99. The molecular weight excluding hydrogens is 556 g/mol. The maximum absolute atomic E-state index is 13.1. The lowest BCUT2D eigenvalue weighted by atomic mass is 10.1. The average molecular weight is 579 g/mol. The van der Waals surface area contributed by atoms with Gasteiger partial charge in [0.25, 0.3) is 10.0 Å². The van der Waals surface area contributed by atoms with Gasteiger partial charge in [0.2, 0.25) is 0 Å². The Bertz CT molecular complexity index is 1610. The van der Waals surface area contributed by atoms with E-state index in [4.69, 9.17) is 9.47 Å². The van der Waals surface area contributed by atoms with Crippen molar-refractivity contribution in [3.05, 3.63) is 107 Å². The van der Waals surface area contributed by atoms with Gasteiger partial charge in [0, 0.05) is 22.5 Å². The number of rotatable bonds is 7. The first-order chi connectivity index (χ1) is 17.8. The molecule has 4 aromatic rings. The molecule has 188 valence electrons. The Balaban J connectivity index is 1.41. The number of esters is 1. The van der Waals surface area contributed by atoms with Crippen LogP contribution in [0.5, 0.6) is 5.75 Å². The van der Waals surface area contributed by atoms with Gasteiger partial charge in [-0.1, -0.05) is 60.7 Å². The van der Waals surface area contributed by atoms with Gasteiger partial charge in [0.1, 0.15) is 17.3 Å². The van der Waals surface area contributed by atoms with Crippen molar-refractivity contribution < 1.29 is 22.7 Å². The standard InChI is InChI=1S/C28H23BrN2O5S/c1-31(27-23-13-5-7-16-26(23)37(33,34)30-27)17-20(36-28(32)22-12-4-6-14-24(22)29)18-35-25-15-8-10-19-9-2-3-11-21(19)25/h2-16,20H,17-18H2,1H3. The van der Waals surface area contributed by atoms with E-state index in [-0.39, 0.29) is 18.0 Å². The Hall–Kier alpha value is -3.69. The zero-order valence-electron chi connectivity index (χ0n) is 19.9. The van der Waals surface area contributed by atoms with Crippen molar-refractivity contribution >= 4 is 48.5 Å². The normalized spacial score (nSPS) is 14.5. The van der Waals surface area contributed by atoms with E-state index < -0.39 is 22.1 Å². The van der Waals surface area contributed by atoms with Gasteiger partial charge in [-0.3, -0.25) is 0 Å². The van der Waals surface area contributed by atoms with Crippen LogP contribution in [0.4, 0.5) is 0 Å². The van der Waals surface area contributed by atoms with E-state index in [2.05, 4.69) is 20.3 Å². The molecule has 1 heterocycles. The van der Waals surface area contributed by atoms with Crippen LogP contribution in [0.1, 0.15) is 15.9 Å². The largest absolute Gasteiger partial charge is 0.489 e. The molecule has 0 saturated heterocycles. The van der Waals surface area contributed by atoms with Gasteiger partial charge < -0.3 is 14.4 Å². The third kappa shape index (κ3) is 5.23. The first kappa shape index (κ1) is 25.0. The molecule has 0 radical (unpaired) electrons. The number of nitrogens with zero attached hydrogens (tertiary/aromatic N) is 2. The zero-order valence-corrected chi connectivity index (χ0v) is 22.3. The average Bonchev–Trinajstić information content (AvgIpc) is 3.18. The predicted octanol–water partition coefficient (Wildman–Crippen LogP) is 5.29. The second-order valence-electron chi connectivity index (χ2n) is 8.56. The molecule has 0 aromatic heterocycles. The number of hydrogen-bond acceptors (Lipinski definition) is 6. The van der Waals surface area contributed by atoms with Crippen molar-refractivity contribution in [3.63, 3.8) is 0 Å². The smallest absolute Gasteiger partial charge is 0.339 e. The number of sulfonamides is 1. The quantitative estimate of drug-likeness (QED) is 0.277. The van der Waals surface area contributed by atoms with Gasteiger partial charge >= 0.3 is 5.97 Å². The molecule has 1 aliphatic rings. The molecule has 1 atom stereocenters. The molecule has 0 saturated carbocycles. The molecule has 5 rings (SSSR count). The molecule has 37 heavy (non-hydrogen) atoms. The summed E-state index contributed by atoms with van der Waals surface area (Å²) < 4.78 is 41.7. The van der Waals surface area contributed by atoms with E-state index in [1.165, 1.54) is 6.07 Å². The highest BCUT2D eigenvalue weighted by Crippen LogP contribution is 2.28. The van der Waals surface area contributed by atoms with E-state index >= 15 is 0 Å². The van der Waals surface area contributed by atoms with Crippen LogP contribution in [0.15, 0.2) is 105 Å². The van der Waals surface area contributed by atoms with Crippen LogP contribution in [0.2, 0.25) is 0 Å². The number of hydrogen-bond donors (Lipinski definition) is 0. The molecule has 1 unspecified atom stereocenters.